The van der Waals surface area contributed by atoms with Crippen LogP contribution < -0.4 is 4.72 Å². The lowest BCUT2D eigenvalue weighted by Gasteiger charge is -2.13. The van der Waals surface area contributed by atoms with Crippen molar-refractivity contribution in [1.82, 2.24) is 18.4 Å². The number of hydrogen-bond donors (Lipinski definition) is 1. The molecular formula is C12H14N4O3S2. The van der Waals surface area contributed by atoms with Crippen LogP contribution in [0.1, 0.15) is 12.0 Å². The van der Waals surface area contributed by atoms with Crippen LogP contribution in [0.2, 0.25) is 0 Å². The van der Waals surface area contributed by atoms with Gasteiger partial charge in [-0.1, -0.05) is 12.1 Å². The molecule has 21 heavy (non-hydrogen) atoms. The number of amides is 1. The van der Waals surface area contributed by atoms with Crippen LogP contribution in [0.15, 0.2) is 18.2 Å². The molecule has 1 aliphatic heterocycles. The van der Waals surface area contributed by atoms with E-state index >= 15 is 0 Å². The monoisotopic (exact) mass is 326 g/mol. The van der Waals surface area contributed by atoms with E-state index in [0.717, 1.165) is 11.7 Å². The van der Waals surface area contributed by atoms with Crippen LogP contribution in [0, 0.1) is 0 Å². The molecule has 1 aromatic heterocycles. The number of sulfonamides is 1. The van der Waals surface area contributed by atoms with Gasteiger partial charge in [-0.25, -0.2) is 13.1 Å². The molecule has 2 heterocycles. The van der Waals surface area contributed by atoms with E-state index in [-0.39, 0.29) is 24.1 Å². The highest BCUT2D eigenvalue weighted by Gasteiger charge is 2.30. The largest absolute Gasteiger partial charge is 0.344 e. The summed E-state index contributed by atoms with van der Waals surface area (Å²) in [5.41, 5.74) is 1.93. The highest BCUT2D eigenvalue weighted by molar-refractivity contribution is 7.88. The van der Waals surface area contributed by atoms with Gasteiger partial charge in [-0.05, 0) is 11.6 Å². The fourth-order valence-electron chi connectivity index (χ4n) is 2.42. The summed E-state index contributed by atoms with van der Waals surface area (Å²) in [4.78, 5) is 13.0. The molecule has 1 aliphatic rings. The van der Waals surface area contributed by atoms with E-state index in [0.29, 0.717) is 23.1 Å². The smallest absolute Gasteiger partial charge is 0.224 e. The van der Waals surface area contributed by atoms with Crippen LogP contribution in [-0.4, -0.2) is 47.6 Å². The first-order valence-electron chi connectivity index (χ1n) is 6.39. The third-order valence-electron chi connectivity index (χ3n) is 3.40. The molecule has 1 unspecified atom stereocenters. The van der Waals surface area contributed by atoms with Crippen molar-refractivity contribution in [2.45, 2.75) is 18.2 Å². The Hall–Kier alpha value is -1.58. The molecule has 2 aromatic rings. The van der Waals surface area contributed by atoms with Crippen LogP contribution in [0.4, 0.5) is 0 Å². The van der Waals surface area contributed by atoms with Gasteiger partial charge in [0.1, 0.15) is 11.0 Å². The first-order chi connectivity index (χ1) is 9.94. The van der Waals surface area contributed by atoms with Crippen molar-refractivity contribution in [2.24, 2.45) is 0 Å². The minimum atomic E-state index is -3.53. The summed E-state index contributed by atoms with van der Waals surface area (Å²) in [7, 11) is -1.86. The predicted molar refractivity (Wildman–Crippen MR) is 79.2 cm³/mol. The summed E-state index contributed by atoms with van der Waals surface area (Å²) in [5, 5.41) is 0. The summed E-state index contributed by atoms with van der Waals surface area (Å²) in [5.74, 6) is -0.210. The highest BCUT2D eigenvalue weighted by Crippen LogP contribution is 2.19. The lowest BCUT2D eigenvalue weighted by atomic mass is 10.2. The molecule has 0 saturated carbocycles. The number of likely N-dealkylation sites (tertiary alicyclic amines) is 1. The predicted octanol–water partition coefficient (Wildman–Crippen LogP) is 0.341. The Kier molecular flexibility index (Phi) is 3.64. The van der Waals surface area contributed by atoms with Crippen molar-refractivity contribution >= 4 is 38.7 Å². The number of benzene rings is 1. The van der Waals surface area contributed by atoms with Crippen molar-refractivity contribution in [3.8, 4) is 0 Å². The molecule has 0 spiro atoms. The second kappa shape index (κ2) is 5.32. The molecule has 3 rings (SSSR count). The van der Waals surface area contributed by atoms with E-state index in [1.807, 2.05) is 0 Å². The van der Waals surface area contributed by atoms with Crippen LogP contribution in [0.25, 0.3) is 11.0 Å². The number of aromatic nitrogens is 2. The maximum Gasteiger partial charge on any atom is 0.224 e. The molecule has 0 aliphatic carbocycles. The number of carbonyl (C=O) groups is 1. The Bertz CT molecular complexity index is 787. The zero-order valence-electron chi connectivity index (χ0n) is 11.3. The van der Waals surface area contributed by atoms with Gasteiger partial charge in [0, 0.05) is 26.1 Å². The Balaban J connectivity index is 1.77. The van der Waals surface area contributed by atoms with Gasteiger partial charge in [-0.3, -0.25) is 4.79 Å². The van der Waals surface area contributed by atoms with Gasteiger partial charge >= 0.3 is 0 Å². The molecule has 1 saturated heterocycles. The van der Waals surface area contributed by atoms with Gasteiger partial charge in [0.05, 0.1) is 17.5 Å². The molecule has 0 radical (unpaired) electrons. The average Bonchev–Trinajstić information content (AvgIpc) is 2.97. The molecule has 0 bridgehead atoms. The zero-order chi connectivity index (χ0) is 15.0. The highest BCUT2D eigenvalue weighted by atomic mass is 32.2. The molecule has 1 aromatic carbocycles. The summed E-state index contributed by atoms with van der Waals surface area (Å²) in [6, 6.07) is 4.93. The standard InChI is InChI=1S/C12H14N4O3S2/c1-16-6-9(5-11(16)17)15-21(18,19)7-8-3-2-4-10-12(8)14-20-13-10/h2-4,9,15H,5-7H2,1H3. The SMILES string of the molecule is CN1CC(NS(=O)(=O)Cc2cccc3nsnc23)CC1=O. The molecule has 112 valence electrons. The van der Waals surface area contributed by atoms with Crippen molar-refractivity contribution in [3.63, 3.8) is 0 Å². The fraction of sp³-hybridized carbons (Fsp3) is 0.417. The summed E-state index contributed by atoms with van der Waals surface area (Å²) < 4.78 is 35.3. The fourth-order valence-corrected chi connectivity index (χ4v) is 4.38. The first-order valence-corrected chi connectivity index (χ1v) is 8.77. The summed E-state index contributed by atoms with van der Waals surface area (Å²) in [6.07, 6.45) is 0.207. The summed E-state index contributed by atoms with van der Waals surface area (Å²) in [6.45, 7) is 0.403. The van der Waals surface area contributed by atoms with Gasteiger partial charge in [0.2, 0.25) is 15.9 Å². The molecule has 1 fully saturated rings. The van der Waals surface area contributed by atoms with Crippen LogP contribution in [0.3, 0.4) is 0 Å². The third-order valence-corrected chi connectivity index (χ3v) is 5.33. The lowest BCUT2D eigenvalue weighted by molar-refractivity contribution is -0.126. The number of hydrogen-bond acceptors (Lipinski definition) is 6. The molecule has 1 atom stereocenters. The Morgan fingerprint density at radius 1 is 1.43 bits per heavy atom. The van der Waals surface area contributed by atoms with Crippen molar-refractivity contribution in [1.29, 1.82) is 0 Å². The maximum absolute atomic E-state index is 12.2. The van der Waals surface area contributed by atoms with Crippen LogP contribution in [-0.2, 0) is 20.6 Å². The number of fused-ring (bicyclic) bond motifs is 1. The quantitative estimate of drug-likeness (QED) is 0.875. The first kappa shape index (κ1) is 14.4. The topological polar surface area (TPSA) is 92.3 Å². The van der Waals surface area contributed by atoms with Crippen molar-refractivity contribution in [3.05, 3.63) is 23.8 Å². The second-order valence-corrected chi connectivity index (χ2v) is 7.38. The maximum atomic E-state index is 12.2. The van der Waals surface area contributed by atoms with Gasteiger partial charge in [0.15, 0.2) is 0 Å². The van der Waals surface area contributed by atoms with E-state index in [1.54, 1.807) is 25.2 Å². The van der Waals surface area contributed by atoms with Crippen LogP contribution in [0.5, 0.6) is 0 Å². The number of rotatable bonds is 4. The Morgan fingerprint density at radius 3 is 2.95 bits per heavy atom. The van der Waals surface area contributed by atoms with E-state index in [1.165, 1.54) is 4.90 Å². The number of carbonyl (C=O) groups excluding carboxylic acids is 1. The normalized spacial score (nSPS) is 19.6. The Morgan fingerprint density at radius 2 is 2.24 bits per heavy atom. The van der Waals surface area contributed by atoms with Crippen LogP contribution >= 0.6 is 11.7 Å². The number of nitrogens with one attached hydrogen (secondary N) is 1. The van der Waals surface area contributed by atoms with Gasteiger partial charge < -0.3 is 4.90 Å². The van der Waals surface area contributed by atoms with E-state index < -0.39 is 10.0 Å². The van der Waals surface area contributed by atoms with Crippen molar-refractivity contribution < 1.29 is 13.2 Å². The zero-order valence-corrected chi connectivity index (χ0v) is 12.9. The lowest BCUT2D eigenvalue weighted by Crippen LogP contribution is -2.37. The van der Waals surface area contributed by atoms with E-state index in [4.69, 9.17) is 0 Å². The molecular weight excluding hydrogens is 312 g/mol. The Labute approximate surface area is 126 Å². The summed E-state index contributed by atoms with van der Waals surface area (Å²) >= 11 is 1.06. The van der Waals surface area contributed by atoms with Gasteiger partial charge in [0.25, 0.3) is 0 Å². The molecule has 7 nitrogen and oxygen atoms in total. The van der Waals surface area contributed by atoms with Gasteiger partial charge in [-0.2, -0.15) is 8.75 Å². The van der Waals surface area contributed by atoms with Gasteiger partial charge in [-0.15, -0.1) is 0 Å². The minimum Gasteiger partial charge on any atom is -0.344 e. The number of likely N-dealkylation sites (N-methyl/N-ethyl adjacent to an activating group) is 1. The second-order valence-electron chi connectivity index (χ2n) is 5.10. The molecule has 9 heteroatoms. The molecule has 1 N–H and O–H groups in total. The van der Waals surface area contributed by atoms with E-state index in [9.17, 15) is 13.2 Å². The molecule has 1 amide bonds. The van der Waals surface area contributed by atoms with E-state index in [2.05, 4.69) is 13.5 Å². The van der Waals surface area contributed by atoms with Crippen molar-refractivity contribution in [2.75, 3.05) is 13.6 Å². The minimum absolute atomic E-state index is 0.0477. The number of nitrogens with zero attached hydrogens (tertiary/aromatic N) is 3. The third kappa shape index (κ3) is 3.04. The average molecular weight is 326 g/mol.